The summed E-state index contributed by atoms with van der Waals surface area (Å²) in [4.78, 5) is 14.7. The highest BCUT2D eigenvalue weighted by molar-refractivity contribution is 5.92. The summed E-state index contributed by atoms with van der Waals surface area (Å²) < 4.78 is 10.8. The number of carbonyl (C=O) groups is 1. The lowest BCUT2D eigenvalue weighted by atomic mass is 10.0. The SMILES string of the molecule is COc1ccc([C@H]2CCCN2CC(=O)Nc2ccc(C)cc2)c(OC)c1. The molecule has 0 radical (unpaired) electrons. The van der Waals surface area contributed by atoms with Crippen LogP contribution in [0.4, 0.5) is 5.69 Å². The van der Waals surface area contributed by atoms with Crippen molar-refractivity contribution in [3.63, 3.8) is 0 Å². The Morgan fingerprint density at radius 3 is 2.62 bits per heavy atom. The maximum atomic E-state index is 12.5. The van der Waals surface area contributed by atoms with Crippen molar-refractivity contribution in [1.29, 1.82) is 0 Å². The number of benzene rings is 2. The van der Waals surface area contributed by atoms with Crippen LogP contribution >= 0.6 is 0 Å². The van der Waals surface area contributed by atoms with Crippen LogP contribution in [-0.2, 0) is 4.79 Å². The maximum Gasteiger partial charge on any atom is 0.238 e. The number of likely N-dealkylation sites (tertiary alicyclic amines) is 1. The lowest BCUT2D eigenvalue weighted by Crippen LogP contribution is -2.33. The molecular formula is C21H26N2O3. The van der Waals surface area contributed by atoms with Gasteiger partial charge in [0.1, 0.15) is 11.5 Å². The average Bonchev–Trinajstić information content (AvgIpc) is 3.10. The molecule has 0 spiro atoms. The molecule has 0 aromatic heterocycles. The Morgan fingerprint density at radius 2 is 1.92 bits per heavy atom. The third-order valence-electron chi connectivity index (χ3n) is 4.85. The molecule has 1 atom stereocenters. The normalized spacial score (nSPS) is 17.1. The highest BCUT2D eigenvalue weighted by Gasteiger charge is 2.29. The van der Waals surface area contributed by atoms with Crippen LogP contribution in [0.1, 0.15) is 30.0 Å². The maximum absolute atomic E-state index is 12.5. The second-order valence-electron chi connectivity index (χ2n) is 6.65. The molecule has 0 bridgehead atoms. The Kier molecular flexibility index (Phi) is 5.78. The Hall–Kier alpha value is -2.53. The van der Waals surface area contributed by atoms with Gasteiger partial charge in [-0.2, -0.15) is 0 Å². The van der Waals surface area contributed by atoms with Gasteiger partial charge in [-0.1, -0.05) is 23.8 Å². The molecule has 26 heavy (non-hydrogen) atoms. The van der Waals surface area contributed by atoms with E-state index < -0.39 is 0 Å². The molecular weight excluding hydrogens is 328 g/mol. The van der Waals surface area contributed by atoms with Crippen molar-refractivity contribution in [2.75, 3.05) is 32.6 Å². The van der Waals surface area contributed by atoms with Crippen molar-refractivity contribution in [3.8, 4) is 11.5 Å². The summed E-state index contributed by atoms with van der Waals surface area (Å²) in [5, 5.41) is 2.98. The molecule has 1 heterocycles. The van der Waals surface area contributed by atoms with Crippen molar-refractivity contribution < 1.29 is 14.3 Å². The monoisotopic (exact) mass is 354 g/mol. The summed E-state index contributed by atoms with van der Waals surface area (Å²) in [5.41, 5.74) is 3.11. The second-order valence-corrected chi connectivity index (χ2v) is 6.65. The van der Waals surface area contributed by atoms with Crippen molar-refractivity contribution in [2.24, 2.45) is 0 Å². The van der Waals surface area contributed by atoms with Crippen molar-refractivity contribution in [3.05, 3.63) is 53.6 Å². The Morgan fingerprint density at radius 1 is 1.15 bits per heavy atom. The molecule has 138 valence electrons. The van der Waals surface area contributed by atoms with Gasteiger partial charge in [-0.15, -0.1) is 0 Å². The molecule has 1 aliphatic heterocycles. The molecule has 5 nitrogen and oxygen atoms in total. The minimum absolute atomic E-state index is 0.00762. The van der Waals surface area contributed by atoms with E-state index in [9.17, 15) is 4.79 Å². The lowest BCUT2D eigenvalue weighted by Gasteiger charge is -2.26. The van der Waals surface area contributed by atoms with Crippen molar-refractivity contribution >= 4 is 11.6 Å². The van der Waals surface area contributed by atoms with E-state index in [4.69, 9.17) is 9.47 Å². The Labute approximate surface area is 154 Å². The molecule has 1 fully saturated rings. The van der Waals surface area contributed by atoms with E-state index in [1.165, 1.54) is 5.56 Å². The molecule has 0 saturated carbocycles. The molecule has 0 aliphatic carbocycles. The zero-order valence-corrected chi connectivity index (χ0v) is 15.6. The molecule has 1 N–H and O–H groups in total. The van der Waals surface area contributed by atoms with E-state index in [0.717, 1.165) is 42.1 Å². The van der Waals surface area contributed by atoms with Crippen molar-refractivity contribution in [2.45, 2.75) is 25.8 Å². The molecule has 1 aliphatic rings. The predicted molar refractivity (Wildman–Crippen MR) is 103 cm³/mol. The standard InChI is InChI=1S/C21H26N2O3/c1-15-6-8-16(9-7-15)22-21(24)14-23-12-4-5-19(23)18-11-10-17(25-2)13-20(18)26-3/h6-11,13,19H,4-5,12,14H2,1-3H3,(H,22,24)/t19-/m1/s1. The summed E-state index contributed by atoms with van der Waals surface area (Å²) in [7, 11) is 3.31. The van der Waals surface area contributed by atoms with Gasteiger partial charge >= 0.3 is 0 Å². The number of anilines is 1. The van der Waals surface area contributed by atoms with E-state index in [1.54, 1.807) is 14.2 Å². The van der Waals surface area contributed by atoms with Gasteiger partial charge in [-0.3, -0.25) is 9.69 Å². The van der Waals surface area contributed by atoms with Crippen LogP contribution in [0.5, 0.6) is 11.5 Å². The van der Waals surface area contributed by atoms with Gasteiger partial charge < -0.3 is 14.8 Å². The second kappa shape index (κ2) is 8.23. The summed E-state index contributed by atoms with van der Waals surface area (Å²) >= 11 is 0. The van der Waals surface area contributed by atoms with Crippen LogP contribution in [0.2, 0.25) is 0 Å². The number of methoxy groups -OCH3 is 2. The number of ether oxygens (including phenoxy) is 2. The van der Waals surface area contributed by atoms with Gasteiger partial charge in [0.2, 0.25) is 5.91 Å². The largest absolute Gasteiger partial charge is 0.497 e. The predicted octanol–water partition coefficient (Wildman–Crippen LogP) is 3.79. The third-order valence-corrected chi connectivity index (χ3v) is 4.85. The van der Waals surface area contributed by atoms with Crippen LogP contribution in [0.15, 0.2) is 42.5 Å². The molecule has 0 unspecified atom stereocenters. The zero-order valence-electron chi connectivity index (χ0n) is 15.6. The number of carbonyl (C=O) groups excluding carboxylic acids is 1. The summed E-state index contributed by atoms with van der Waals surface area (Å²) in [6.45, 7) is 3.30. The summed E-state index contributed by atoms with van der Waals surface area (Å²) in [5.74, 6) is 1.58. The first kappa shape index (κ1) is 18.3. The topological polar surface area (TPSA) is 50.8 Å². The quantitative estimate of drug-likeness (QED) is 0.857. The van der Waals surface area contributed by atoms with Gasteiger partial charge in [0.05, 0.1) is 20.8 Å². The molecule has 1 amide bonds. The number of aryl methyl sites for hydroxylation is 1. The van der Waals surface area contributed by atoms with Crippen LogP contribution in [0.25, 0.3) is 0 Å². The van der Waals surface area contributed by atoms with Gasteiger partial charge in [-0.25, -0.2) is 0 Å². The van der Waals surface area contributed by atoms with Crippen LogP contribution < -0.4 is 14.8 Å². The lowest BCUT2D eigenvalue weighted by molar-refractivity contribution is -0.117. The minimum Gasteiger partial charge on any atom is -0.497 e. The third kappa shape index (κ3) is 4.17. The van der Waals surface area contributed by atoms with Gasteiger partial charge in [-0.05, 0) is 44.5 Å². The number of hydrogen-bond donors (Lipinski definition) is 1. The smallest absolute Gasteiger partial charge is 0.238 e. The fourth-order valence-electron chi connectivity index (χ4n) is 3.48. The minimum atomic E-state index is 0.00762. The van der Waals surface area contributed by atoms with E-state index in [2.05, 4.69) is 10.2 Å². The molecule has 5 heteroatoms. The van der Waals surface area contributed by atoms with Gasteiger partial charge in [0.15, 0.2) is 0 Å². The van der Waals surface area contributed by atoms with Crippen LogP contribution in [0, 0.1) is 6.92 Å². The van der Waals surface area contributed by atoms with E-state index in [-0.39, 0.29) is 11.9 Å². The first-order chi connectivity index (χ1) is 12.6. The zero-order chi connectivity index (χ0) is 18.5. The fraction of sp³-hybridized carbons (Fsp3) is 0.381. The van der Waals surface area contributed by atoms with Crippen LogP contribution in [0.3, 0.4) is 0 Å². The van der Waals surface area contributed by atoms with Gasteiger partial charge in [0, 0.05) is 23.4 Å². The van der Waals surface area contributed by atoms with Crippen molar-refractivity contribution in [1.82, 2.24) is 4.90 Å². The molecule has 2 aromatic rings. The number of amides is 1. The van der Waals surface area contributed by atoms with E-state index in [0.29, 0.717) is 6.54 Å². The number of nitrogens with zero attached hydrogens (tertiary/aromatic N) is 1. The molecule has 1 saturated heterocycles. The van der Waals surface area contributed by atoms with E-state index in [1.807, 2.05) is 49.4 Å². The summed E-state index contributed by atoms with van der Waals surface area (Å²) in [6, 6.07) is 13.9. The van der Waals surface area contributed by atoms with Gasteiger partial charge in [0.25, 0.3) is 0 Å². The number of hydrogen-bond acceptors (Lipinski definition) is 4. The first-order valence-electron chi connectivity index (χ1n) is 8.93. The average molecular weight is 354 g/mol. The highest BCUT2D eigenvalue weighted by atomic mass is 16.5. The first-order valence-corrected chi connectivity index (χ1v) is 8.93. The Bertz CT molecular complexity index is 758. The van der Waals surface area contributed by atoms with Crippen LogP contribution in [-0.4, -0.2) is 38.1 Å². The van der Waals surface area contributed by atoms with E-state index >= 15 is 0 Å². The Balaban J connectivity index is 1.70. The molecule has 3 rings (SSSR count). The number of nitrogens with one attached hydrogen (secondary N) is 1. The fourth-order valence-corrected chi connectivity index (χ4v) is 3.48. The summed E-state index contributed by atoms with van der Waals surface area (Å²) in [6.07, 6.45) is 2.08. The number of rotatable bonds is 6. The highest BCUT2D eigenvalue weighted by Crippen LogP contribution is 2.38. The molecule has 2 aromatic carbocycles.